The summed E-state index contributed by atoms with van der Waals surface area (Å²) in [5, 5.41) is 2.75. The van der Waals surface area contributed by atoms with Gasteiger partial charge in [0.25, 0.3) is 5.91 Å². The smallest absolute Gasteiger partial charge is 0.255 e. The number of nitrogens with one attached hydrogen (secondary N) is 1. The molecule has 6 heteroatoms. The molecule has 4 aromatic rings. The summed E-state index contributed by atoms with van der Waals surface area (Å²) in [7, 11) is 0. The highest BCUT2D eigenvalue weighted by Gasteiger charge is 2.12. The molecule has 2 aromatic heterocycles. The summed E-state index contributed by atoms with van der Waals surface area (Å²) in [4.78, 5) is 17.0. The summed E-state index contributed by atoms with van der Waals surface area (Å²) in [5.41, 5.74) is 3.90. The molecule has 0 bridgehead atoms. The number of aromatic nitrogens is 2. The molecule has 0 radical (unpaired) electrons. The van der Waals surface area contributed by atoms with Gasteiger partial charge in [0, 0.05) is 29.2 Å². The largest absolute Gasteiger partial charge is 0.322 e. The Labute approximate surface area is 154 Å². The number of pyridine rings is 1. The van der Waals surface area contributed by atoms with E-state index in [-0.39, 0.29) is 5.56 Å². The number of carbonyl (C=O) groups excluding carboxylic acids is 1. The van der Waals surface area contributed by atoms with Gasteiger partial charge in [0.05, 0.1) is 5.69 Å². The van der Waals surface area contributed by atoms with E-state index in [0.717, 1.165) is 34.6 Å². The second-order valence-electron chi connectivity index (χ2n) is 6.20. The van der Waals surface area contributed by atoms with Crippen LogP contribution in [0.15, 0.2) is 67.0 Å². The van der Waals surface area contributed by atoms with Crippen LogP contribution in [-0.4, -0.2) is 15.3 Å². The van der Waals surface area contributed by atoms with Crippen molar-refractivity contribution in [2.75, 3.05) is 5.32 Å². The van der Waals surface area contributed by atoms with E-state index in [2.05, 4.69) is 10.3 Å². The minimum absolute atomic E-state index is 0.0476. The van der Waals surface area contributed by atoms with Gasteiger partial charge in [-0.1, -0.05) is 18.2 Å². The van der Waals surface area contributed by atoms with Gasteiger partial charge in [-0.2, -0.15) is 0 Å². The summed E-state index contributed by atoms with van der Waals surface area (Å²) < 4.78 is 28.4. The Hall–Kier alpha value is -3.54. The first-order valence-corrected chi connectivity index (χ1v) is 8.32. The fourth-order valence-corrected chi connectivity index (χ4v) is 2.82. The lowest BCUT2D eigenvalue weighted by atomic mass is 10.1. The number of imidazole rings is 1. The zero-order chi connectivity index (χ0) is 19.0. The molecular weight excluding hydrogens is 348 g/mol. The fourth-order valence-electron chi connectivity index (χ4n) is 2.82. The van der Waals surface area contributed by atoms with Crippen LogP contribution in [0.2, 0.25) is 0 Å². The Morgan fingerprint density at radius 2 is 1.89 bits per heavy atom. The van der Waals surface area contributed by atoms with Crippen molar-refractivity contribution in [3.05, 3.63) is 89.8 Å². The number of hydrogen-bond acceptors (Lipinski definition) is 2. The van der Waals surface area contributed by atoms with E-state index in [9.17, 15) is 13.6 Å². The number of amides is 1. The van der Waals surface area contributed by atoms with Crippen LogP contribution in [0.3, 0.4) is 0 Å². The molecule has 27 heavy (non-hydrogen) atoms. The van der Waals surface area contributed by atoms with Crippen molar-refractivity contribution in [1.82, 2.24) is 9.38 Å². The topological polar surface area (TPSA) is 46.4 Å². The molecule has 4 rings (SSSR count). The molecule has 0 saturated heterocycles. The Morgan fingerprint density at radius 3 is 2.67 bits per heavy atom. The van der Waals surface area contributed by atoms with Gasteiger partial charge in [0.1, 0.15) is 5.65 Å². The summed E-state index contributed by atoms with van der Waals surface area (Å²) in [6.07, 6.45) is 3.81. The lowest BCUT2D eigenvalue weighted by Crippen LogP contribution is -2.13. The Bertz CT molecular complexity index is 1130. The van der Waals surface area contributed by atoms with Crippen LogP contribution in [0.5, 0.6) is 0 Å². The van der Waals surface area contributed by atoms with Gasteiger partial charge in [-0.3, -0.25) is 4.79 Å². The zero-order valence-corrected chi connectivity index (χ0v) is 14.4. The van der Waals surface area contributed by atoms with E-state index in [4.69, 9.17) is 0 Å². The zero-order valence-electron chi connectivity index (χ0n) is 14.4. The number of fused-ring (bicyclic) bond motifs is 1. The van der Waals surface area contributed by atoms with Crippen molar-refractivity contribution in [2.45, 2.75) is 6.92 Å². The van der Waals surface area contributed by atoms with Gasteiger partial charge in [-0.05, 0) is 48.9 Å². The molecule has 134 valence electrons. The van der Waals surface area contributed by atoms with Crippen molar-refractivity contribution in [3.8, 4) is 11.3 Å². The van der Waals surface area contributed by atoms with E-state index in [1.807, 2.05) is 60.1 Å². The Balaban J connectivity index is 1.66. The molecule has 4 nitrogen and oxygen atoms in total. The van der Waals surface area contributed by atoms with Crippen LogP contribution in [0.4, 0.5) is 14.5 Å². The van der Waals surface area contributed by atoms with E-state index in [1.165, 1.54) is 6.07 Å². The molecule has 0 aliphatic rings. The quantitative estimate of drug-likeness (QED) is 0.566. The van der Waals surface area contributed by atoms with Crippen LogP contribution in [0, 0.1) is 18.6 Å². The lowest BCUT2D eigenvalue weighted by Gasteiger charge is -2.10. The summed E-state index contributed by atoms with van der Waals surface area (Å²) in [6.45, 7) is 1.86. The average Bonchev–Trinajstić information content (AvgIpc) is 3.10. The maximum absolute atomic E-state index is 13.4. The highest BCUT2D eigenvalue weighted by Crippen LogP contribution is 2.26. The maximum atomic E-state index is 13.4. The van der Waals surface area contributed by atoms with E-state index < -0.39 is 17.5 Å². The number of carbonyl (C=O) groups is 1. The molecule has 0 fully saturated rings. The first-order valence-electron chi connectivity index (χ1n) is 8.32. The molecule has 1 N–H and O–H groups in total. The standard InChI is InChI=1S/C21H15F2N3O/c1-13-5-6-14(19-12-26-9-3-2-4-20(26)24-19)11-18(13)25-21(27)15-7-8-16(22)17(23)10-15/h2-12H,1H3,(H,25,27). The van der Waals surface area contributed by atoms with Crippen molar-refractivity contribution in [2.24, 2.45) is 0 Å². The first kappa shape index (κ1) is 16.9. The summed E-state index contributed by atoms with van der Waals surface area (Å²) in [5.74, 6) is -2.56. The molecular formula is C21H15F2N3O. The normalized spacial score (nSPS) is 10.9. The van der Waals surface area contributed by atoms with Crippen molar-refractivity contribution in [3.63, 3.8) is 0 Å². The third kappa shape index (κ3) is 3.29. The SMILES string of the molecule is Cc1ccc(-c2cn3ccccc3n2)cc1NC(=O)c1ccc(F)c(F)c1. The number of nitrogens with zero attached hydrogens (tertiary/aromatic N) is 2. The first-order chi connectivity index (χ1) is 13.0. The van der Waals surface area contributed by atoms with Crippen molar-refractivity contribution in [1.29, 1.82) is 0 Å². The molecule has 0 aliphatic carbocycles. The predicted molar refractivity (Wildman–Crippen MR) is 99.7 cm³/mol. The van der Waals surface area contributed by atoms with Gasteiger partial charge >= 0.3 is 0 Å². The third-order valence-corrected chi connectivity index (χ3v) is 4.33. The van der Waals surface area contributed by atoms with Gasteiger partial charge in [0.2, 0.25) is 0 Å². The number of anilines is 1. The monoisotopic (exact) mass is 363 g/mol. The summed E-state index contributed by atoms with van der Waals surface area (Å²) >= 11 is 0. The molecule has 0 spiro atoms. The van der Waals surface area contributed by atoms with Crippen LogP contribution in [0.1, 0.15) is 15.9 Å². The average molecular weight is 363 g/mol. The second kappa shape index (κ2) is 6.64. The van der Waals surface area contributed by atoms with Crippen LogP contribution in [0.25, 0.3) is 16.9 Å². The van der Waals surface area contributed by atoms with Crippen LogP contribution < -0.4 is 5.32 Å². The molecule has 1 amide bonds. The lowest BCUT2D eigenvalue weighted by molar-refractivity contribution is 0.102. The van der Waals surface area contributed by atoms with Gasteiger partial charge in [-0.25, -0.2) is 13.8 Å². The number of aryl methyl sites for hydroxylation is 1. The van der Waals surface area contributed by atoms with E-state index in [0.29, 0.717) is 5.69 Å². The fraction of sp³-hybridized carbons (Fsp3) is 0.0476. The van der Waals surface area contributed by atoms with E-state index in [1.54, 1.807) is 0 Å². The molecule has 0 unspecified atom stereocenters. The van der Waals surface area contributed by atoms with Gasteiger partial charge in [0.15, 0.2) is 11.6 Å². The number of benzene rings is 2. The molecule has 0 aliphatic heterocycles. The van der Waals surface area contributed by atoms with Gasteiger partial charge in [-0.15, -0.1) is 0 Å². The molecule has 0 saturated carbocycles. The molecule has 2 aromatic carbocycles. The third-order valence-electron chi connectivity index (χ3n) is 4.33. The Morgan fingerprint density at radius 1 is 1.04 bits per heavy atom. The number of hydrogen-bond donors (Lipinski definition) is 1. The Kier molecular flexibility index (Phi) is 4.16. The number of rotatable bonds is 3. The highest BCUT2D eigenvalue weighted by molar-refractivity contribution is 6.04. The maximum Gasteiger partial charge on any atom is 0.255 e. The minimum atomic E-state index is -1.06. The minimum Gasteiger partial charge on any atom is -0.322 e. The molecule has 0 atom stereocenters. The van der Waals surface area contributed by atoms with Crippen molar-refractivity contribution >= 4 is 17.2 Å². The predicted octanol–water partition coefficient (Wildman–Crippen LogP) is 4.84. The van der Waals surface area contributed by atoms with Crippen LogP contribution >= 0.6 is 0 Å². The second-order valence-corrected chi connectivity index (χ2v) is 6.20. The van der Waals surface area contributed by atoms with Crippen molar-refractivity contribution < 1.29 is 13.6 Å². The van der Waals surface area contributed by atoms with E-state index >= 15 is 0 Å². The van der Waals surface area contributed by atoms with Gasteiger partial charge < -0.3 is 9.72 Å². The highest BCUT2D eigenvalue weighted by atomic mass is 19.2. The molecule has 2 heterocycles. The number of halogens is 2. The van der Waals surface area contributed by atoms with Crippen LogP contribution in [-0.2, 0) is 0 Å². The summed E-state index contributed by atoms with van der Waals surface area (Å²) in [6, 6.07) is 14.4.